The zero-order valence-corrected chi connectivity index (χ0v) is 38.8. The lowest BCUT2D eigenvalue weighted by Crippen LogP contribution is -2.30. The Morgan fingerprint density at radius 3 is 1.74 bits per heavy atom. The number of unbranched alkanes of at least 4 members (excludes halogenated alkanes) is 8. The van der Waals surface area contributed by atoms with Gasteiger partial charge in [0, 0.05) is 25.7 Å². The van der Waals surface area contributed by atoms with E-state index in [9.17, 15) is 19.5 Å². The Morgan fingerprint density at radius 2 is 1.14 bits per heavy atom. The van der Waals surface area contributed by atoms with Crippen LogP contribution in [0.15, 0.2) is 61.3 Å². The van der Waals surface area contributed by atoms with Gasteiger partial charge in [-0.25, -0.2) is 0 Å². The molecule has 0 aromatic heterocycles. The van der Waals surface area contributed by atoms with Crippen molar-refractivity contribution >= 4 is 17.9 Å². The molecule has 2 saturated heterocycles. The lowest BCUT2D eigenvalue weighted by atomic mass is 10.1. The van der Waals surface area contributed by atoms with Crippen LogP contribution in [0.1, 0.15) is 155 Å². The third kappa shape index (κ3) is 33.5. The summed E-state index contributed by atoms with van der Waals surface area (Å²) in [7, 11) is 0. The molecule has 0 aromatic carbocycles. The Morgan fingerprint density at radius 1 is 0.600 bits per heavy atom. The molecular weight excluding hydrogens is 817 g/mol. The van der Waals surface area contributed by atoms with Crippen molar-refractivity contribution in [2.75, 3.05) is 6.61 Å². The summed E-state index contributed by atoms with van der Waals surface area (Å²) in [4.78, 5) is 37.9. The van der Waals surface area contributed by atoms with E-state index in [1.165, 1.54) is 0 Å². The van der Waals surface area contributed by atoms with E-state index in [0.29, 0.717) is 12.8 Å². The molecule has 1 N–H and O–H groups in total. The first kappa shape index (κ1) is 55.5. The summed E-state index contributed by atoms with van der Waals surface area (Å²) >= 11 is 0. The van der Waals surface area contributed by atoms with Crippen LogP contribution >= 0.6 is 0 Å². The number of hydrogen-bond donors (Lipinski definition) is 1. The van der Waals surface area contributed by atoms with Crippen molar-refractivity contribution in [1.29, 1.82) is 0 Å². The van der Waals surface area contributed by atoms with E-state index in [-0.39, 0.29) is 56.5 Å². The van der Waals surface area contributed by atoms with Gasteiger partial charge in [-0.2, -0.15) is 0 Å². The van der Waals surface area contributed by atoms with Crippen molar-refractivity contribution in [3.8, 4) is 71.0 Å². The monoisotopic (exact) mass is 887 g/mol. The Labute approximate surface area is 390 Å². The molecule has 0 saturated carbocycles. The van der Waals surface area contributed by atoms with Crippen LogP contribution in [-0.4, -0.2) is 66.4 Å². The first-order valence-electron chi connectivity index (χ1n) is 23.6. The van der Waals surface area contributed by atoms with Crippen LogP contribution in [0.2, 0.25) is 0 Å². The van der Waals surface area contributed by atoms with Gasteiger partial charge in [0.2, 0.25) is 0 Å². The minimum absolute atomic E-state index is 0.0194. The topological polar surface area (TPSA) is 124 Å². The van der Waals surface area contributed by atoms with E-state index < -0.39 is 36.9 Å². The normalized spacial score (nSPS) is 17.6. The lowest BCUT2D eigenvalue weighted by molar-refractivity contribution is -0.199. The molecule has 2 heterocycles. The number of esters is 3. The second kappa shape index (κ2) is 38.8. The van der Waals surface area contributed by atoms with Crippen LogP contribution < -0.4 is 0 Å². The van der Waals surface area contributed by atoms with Gasteiger partial charge in [-0.3, -0.25) is 14.4 Å². The first-order chi connectivity index (χ1) is 31.9. The van der Waals surface area contributed by atoms with Gasteiger partial charge in [-0.05, 0) is 125 Å². The number of hydrogen-bond acceptors (Lipinski definition) is 9. The van der Waals surface area contributed by atoms with E-state index in [2.05, 4.69) is 140 Å². The highest BCUT2D eigenvalue weighted by Crippen LogP contribution is 2.27. The fourth-order valence-corrected chi connectivity index (χ4v) is 5.89. The maximum absolute atomic E-state index is 12.7. The minimum atomic E-state index is -1.42. The molecule has 2 rings (SSSR count). The maximum atomic E-state index is 12.7. The molecular formula is C56H70O9. The van der Waals surface area contributed by atoms with Gasteiger partial charge in [0.1, 0.15) is 18.3 Å². The molecule has 6 atom stereocenters. The van der Waals surface area contributed by atoms with Gasteiger partial charge in [-0.1, -0.05) is 117 Å². The summed E-state index contributed by atoms with van der Waals surface area (Å²) in [5.41, 5.74) is 0. The molecule has 2 aliphatic heterocycles. The fourth-order valence-electron chi connectivity index (χ4n) is 5.89. The number of aliphatic hydroxyl groups excluding tert-OH is 1. The number of carbonyl (C=O) groups excluding carboxylic acids is 3. The minimum Gasteiger partial charge on any atom is -0.458 e. The number of carbonyl (C=O) groups is 3. The molecule has 2 aliphatic rings. The summed E-state index contributed by atoms with van der Waals surface area (Å²) in [5, 5.41) is 10.1. The van der Waals surface area contributed by atoms with Crippen LogP contribution in [0.5, 0.6) is 0 Å². The first-order valence-corrected chi connectivity index (χ1v) is 23.6. The van der Waals surface area contributed by atoms with E-state index in [1.807, 2.05) is 6.08 Å². The average Bonchev–Trinajstić information content (AvgIpc) is 4.23. The lowest BCUT2D eigenvalue weighted by Gasteiger charge is -2.18. The number of ether oxygens (including phenoxy) is 5. The summed E-state index contributed by atoms with van der Waals surface area (Å²) in [6.45, 7) is 7.46. The molecule has 0 aliphatic carbocycles. The number of allylic oxidation sites excluding steroid dienone is 9. The van der Waals surface area contributed by atoms with E-state index >= 15 is 0 Å². The number of rotatable bonds is 31. The molecule has 0 amide bonds. The van der Waals surface area contributed by atoms with Gasteiger partial charge >= 0.3 is 17.9 Å². The highest BCUT2D eigenvalue weighted by molar-refractivity contribution is 5.72. The Hall–Kier alpha value is -5.65. The van der Waals surface area contributed by atoms with Crippen molar-refractivity contribution in [3.05, 3.63) is 61.3 Å². The SMILES string of the molecule is C=CCCCCC#CC#CC(O)CCCCCCC(=O)O[C@@H](COC(=O)CCC#CC#C[C@H]1O[C@@H]1CCC/C=C\C=C/CC)OC(=O)CCC#CC#C[C@H]1O[C@@H]1CCC/C=C\C=C/CC. The van der Waals surface area contributed by atoms with Gasteiger partial charge in [0.05, 0.1) is 25.0 Å². The molecule has 0 spiro atoms. The van der Waals surface area contributed by atoms with Gasteiger partial charge < -0.3 is 28.8 Å². The van der Waals surface area contributed by atoms with Gasteiger partial charge in [-0.15, -0.1) is 6.58 Å². The summed E-state index contributed by atoms with van der Waals surface area (Å²) in [6.07, 6.45) is 32.0. The standard InChI is InChI=1S/C56H70O9/c1-4-7-10-13-16-19-20-29-38-48(57)39-30-23-26-36-45-54(59)64-56(65-55(60)46-37-28-25-34-43-52-50(63-52)41-32-22-18-15-12-9-6-3)47-61-53(58)44-35-27-24-33-42-51-49(62-51)40-31-21-17-14-11-8-5-2/h4,8-9,11-12,14-15,17-18,48-52,56-57H,1,5-7,10,13,16,21-23,26,30-32,35-37,39-41,44-47H2,2-3H3/b11-8-,12-9-,17-14-,18-15-/t48?,49-,50-,51-,52-,56-/m1/s1. The Kier molecular flexibility index (Phi) is 33.1. The van der Waals surface area contributed by atoms with E-state index in [1.54, 1.807) is 0 Å². The van der Waals surface area contributed by atoms with E-state index in [0.717, 1.165) is 96.3 Å². The smallest absolute Gasteiger partial charge is 0.309 e. The predicted octanol–water partition coefficient (Wildman–Crippen LogP) is 9.89. The van der Waals surface area contributed by atoms with Crippen LogP contribution in [0.25, 0.3) is 0 Å². The predicted molar refractivity (Wildman–Crippen MR) is 257 cm³/mol. The molecule has 0 aromatic rings. The number of aliphatic hydroxyl groups is 1. The van der Waals surface area contributed by atoms with Crippen LogP contribution in [0.4, 0.5) is 0 Å². The average molecular weight is 887 g/mol. The molecule has 348 valence electrons. The largest absolute Gasteiger partial charge is 0.458 e. The highest BCUT2D eigenvalue weighted by atomic mass is 16.7. The zero-order valence-electron chi connectivity index (χ0n) is 38.8. The molecule has 65 heavy (non-hydrogen) atoms. The molecule has 9 nitrogen and oxygen atoms in total. The number of epoxide rings is 2. The van der Waals surface area contributed by atoms with Crippen molar-refractivity contribution in [1.82, 2.24) is 0 Å². The van der Waals surface area contributed by atoms with Crippen LogP contribution in [-0.2, 0) is 38.1 Å². The van der Waals surface area contributed by atoms with Crippen molar-refractivity contribution in [2.45, 2.75) is 192 Å². The van der Waals surface area contributed by atoms with Crippen molar-refractivity contribution in [2.24, 2.45) is 0 Å². The molecule has 0 bridgehead atoms. The highest BCUT2D eigenvalue weighted by Gasteiger charge is 2.37. The molecule has 0 radical (unpaired) electrons. The Balaban J connectivity index is 1.75. The third-order valence-electron chi connectivity index (χ3n) is 9.62. The summed E-state index contributed by atoms with van der Waals surface area (Å²) < 4.78 is 27.3. The van der Waals surface area contributed by atoms with Crippen LogP contribution in [0.3, 0.4) is 0 Å². The third-order valence-corrected chi connectivity index (χ3v) is 9.62. The molecule has 9 heteroatoms. The van der Waals surface area contributed by atoms with Gasteiger partial charge in [0.15, 0.2) is 6.61 Å². The molecule has 2 fully saturated rings. The second-order valence-corrected chi connectivity index (χ2v) is 15.4. The van der Waals surface area contributed by atoms with E-state index in [4.69, 9.17) is 23.7 Å². The summed E-state index contributed by atoms with van der Waals surface area (Å²) in [5.74, 6) is 32.2. The van der Waals surface area contributed by atoms with Crippen LogP contribution in [0, 0.1) is 71.0 Å². The zero-order chi connectivity index (χ0) is 46.8. The summed E-state index contributed by atoms with van der Waals surface area (Å²) in [6, 6.07) is 0. The maximum Gasteiger partial charge on any atom is 0.309 e. The Bertz CT molecular complexity index is 1940. The van der Waals surface area contributed by atoms with Gasteiger partial charge in [0.25, 0.3) is 6.29 Å². The molecule has 1 unspecified atom stereocenters. The van der Waals surface area contributed by atoms with Crippen molar-refractivity contribution < 1.29 is 43.2 Å². The second-order valence-electron chi connectivity index (χ2n) is 15.4. The van der Waals surface area contributed by atoms with Crippen molar-refractivity contribution in [3.63, 3.8) is 0 Å². The fraction of sp³-hybridized carbons (Fsp3) is 0.554. The quantitative estimate of drug-likeness (QED) is 0.0138.